The van der Waals surface area contributed by atoms with Gasteiger partial charge < -0.3 is 19.8 Å². The number of aliphatic carboxylic acids is 3. The molecule has 240 valence electrons. The molecule has 0 fully saturated rings. The quantitative estimate of drug-likeness (QED) is 0.0463. The van der Waals surface area contributed by atoms with Crippen molar-refractivity contribution in [2.75, 3.05) is 26.2 Å². The number of carboxylic acids is 3. The van der Waals surface area contributed by atoms with Crippen molar-refractivity contribution in [1.29, 1.82) is 0 Å². The molecular weight excluding hydrogens is 518 g/mol. The van der Waals surface area contributed by atoms with E-state index in [4.69, 9.17) is 0 Å². The fourth-order valence-corrected chi connectivity index (χ4v) is 5.88. The molecule has 0 spiro atoms. The third kappa shape index (κ3) is 21.5. The zero-order chi connectivity index (χ0) is 30.9. The van der Waals surface area contributed by atoms with E-state index in [1.54, 1.807) is 20.8 Å². The molecule has 0 rings (SSSR count). The van der Waals surface area contributed by atoms with E-state index in [1.807, 2.05) is 0 Å². The summed E-state index contributed by atoms with van der Waals surface area (Å²) in [6.07, 6.45) is 27.1. The highest BCUT2D eigenvalue weighted by Crippen LogP contribution is 2.22. The molecule has 7 nitrogen and oxygen atoms in total. The van der Waals surface area contributed by atoms with Crippen LogP contribution < -0.4 is 0 Å². The summed E-state index contributed by atoms with van der Waals surface area (Å²) in [4.78, 5) is 34.9. The molecule has 3 N–H and O–H groups in total. The minimum Gasteiger partial charge on any atom is -0.481 e. The second-order valence-corrected chi connectivity index (χ2v) is 12.7. The summed E-state index contributed by atoms with van der Waals surface area (Å²) < 4.78 is 0.226. The van der Waals surface area contributed by atoms with Gasteiger partial charge in [0.15, 0.2) is 0 Å². The maximum Gasteiger partial charge on any atom is 0.311 e. The topological polar surface area (TPSA) is 112 Å². The van der Waals surface area contributed by atoms with Crippen molar-refractivity contribution < 1.29 is 34.2 Å². The summed E-state index contributed by atoms with van der Waals surface area (Å²) in [7, 11) is 0. The van der Waals surface area contributed by atoms with E-state index in [1.165, 1.54) is 96.3 Å². The minimum atomic E-state index is -0.931. The molecule has 0 radical (unpaired) electrons. The van der Waals surface area contributed by atoms with Gasteiger partial charge in [-0.2, -0.15) is 0 Å². The van der Waals surface area contributed by atoms with E-state index in [2.05, 4.69) is 19.1 Å². The number of carboxylic acid groups (broad SMARTS) is 3. The molecule has 0 aliphatic carbocycles. The molecule has 7 heteroatoms. The average molecular weight is 583 g/mol. The molecule has 0 saturated carbocycles. The van der Waals surface area contributed by atoms with Crippen LogP contribution in [0.3, 0.4) is 0 Å². The molecule has 41 heavy (non-hydrogen) atoms. The lowest BCUT2D eigenvalue weighted by Gasteiger charge is -2.42. The Morgan fingerprint density at radius 2 is 0.805 bits per heavy atom. The lowest BCUT2D eigenvalue weighted by molar-refractivity contribution is -0.934. The van der Waals surface area contributed by atoms with Crippen molar-refractivity contribution in [2.45, 2.75) is 143 Å². The van der Waals surface area contributed by atoms with Crippen molar-refractivity contribution in [3.63, 3.8) is 0 Å². The first kappa shape index (κ1) is 39.1. The first-order valence-corrected chi connectivity index (χ1v) is 16.7. The number of carbonyl (C=O) groups is 3. The first-order valence-electron chi connectivity index (χ1n) is 16.7. The van der Waals surface area contributed by atoms with Gasteiger partial charge in [-0.1, -0.05) is 96.1 Å². The Bertz CT molecular complexity index is 667. The van der Waals surface area contributed by atoms with Crippen LogP contribution in [0.4, 0.5) is 0 Å². The number of hydrogen-bond donors (Lipinski definition) is 3. The van der Waals surface area contributed by atoms with Crippen molar-refractivity contribution in [2.24, 2.45) is 17.8 Å². The van der Waals surface area contributed by atoms with Crippen molar-refractivity contribution in [1.82, 2.24) is 0 Å². The number of hydrogen-bond acceptors (Lipinski definition) is 3. The summed E-state index contributed by atoms with van der Waals surface area (Å²) in [5.41, 5.74) is 0. The summed E-state index contributed by atoms with van der Waals surface area (Å²) >= 11 is 0. The van der Waals surface area contributed by atoms with Gasteiger partial charge in [0.25, 0.3) is 0 Å². The summed E-state index contributed by atoms with van der Waals surface area (Å²) in [6, 6.07) is 0. The van der Waals surface area contributed by atoms with E-state index in [0.717, 1.165) is 19.3 Å². The molecule has 0 aliphatic rings. The van der Waals surface area contributed by atoms with Gasteiger partial charge in [0, 0.05) is 0 Å². The predicted octanol–water partition coefficient (Wildman–Crippen LogP) is 8.56. The Morgan fingerprint density at radius 1 is 0.512 bits per heavy atom. The molecule has 0 amide bonds. The zero-order valence-corrected chi connectivity index (χ0v) is 27.0. The molecule has 0 saturated heterocycles. The largest absolute Gasteiger partial charge is 0.481 e. The maximum absolute atomic E-state index is 11.6. The van der Waals surface area contributed by atoms with Gasteiger partial charge in [-0.25, -0.2) is 0 Å². The van der Waals surface area contributed by atoms with Gasteiger partial charge in [0.05, 0.1) is 26.2 Å². The Balaban J connectivity index is 4.24. The predicted molar refractivity (Wildman–Crippen MR) is 168 cm³/mol. The number of unbranched alkanes of at least 4 members (excludes halogenated alkanes) is 16. The van der Waals surface area contributed by atoms with Crippen molar-refractivity contribution in [3.05, 3.63) is 12.2 Å². The fourth-order valence-electron chi connectivity index (χ4n) is 5.88. The van der Waals surface area contributed by atoms with Crippen molar-refractivity contribution in [3.8, 4) is 0 Å². The third-order valence-corrected chi connectivity index (χ3v) is 8.39. The minimum absolute atomic E-state index is 0.226. The Hall–Kier alpha value is -1.89. The van der Waals surface area contributed by atoms with Gasteiger partial charge >= 0.3 is 17.9 Å². The second kappa shape index (κ2) is 24.7. The van der Waals surface area contributed by atoms with Crippen LogP contribution in [-0.4, -0.2) is 63.9 Å². The van der Waals surface area contributed by atoms with Crippen LogP contribution in [0.1, 0.15) is 143 Å². The second-order valence-electron chi connectivity index (χ2n) is 12.7. The molecular formula is C34H64NO6+. The standard InChI is InChI=1S/C34H63NO6/c1-5-6-7-8-9-10-11-12-13-14-15-16-17-18-19-20-21-22-23-24-25-35(26-29(2)32(36)37,27-30(3)33(38)39)28-31(4)34(40)41/h9-10,29-31H,5-8,11-28H2,1-4H3,(H2-,36,37,38,39,40,41)/p+1/b10-9+. The Morgan fingerprint density at radius 3 is 1.12 bits per heavy atom. The SMILES string of the molecule is CCCCC/C=C/CCCCCCCCCCCCCCC[N+](CC(C)C(=O)O)(CC(C)C(=O)O)CC(C)C(=O)O. The molecule has 0 aromatic carbocycles. The molecule has 3 unspecified atom stereocenters. The zero-order valence-electron chi connectivity index (χ0n) is 27.0. The van der Waals surface area contributed by atoms with Crippen LogP contribution in [0.25, 0.3) is 0 Å². The molecule has 0 bridgehead atoms. The monoisotopic (exact) mass is 582 g/mol. The van der Waals surface area contributed by atoms with Crippen molar-refractivity contribution >= 4 is 17.9 Å². The van der Waals surface area contributed by atoms with Crippen LogP contribution in [-0.2, 0) is 14.4 Å². The summed E-state index contributed by atoms with van der Waals surface area (Å²) in [5.74, 6) is -4.80. The molecule has 0 aliphatic heterocycles. The van der Waals surface area contributed by atoms with E-state index in [-0.39, 0.29) is 24.1 Å². The number of rotatable bonds is 29. The van der Waals surface area contributed by atoms with Crippen LogP contribution >= 0.6 is 0 Å². The van der Waals surface area contributed by atoms with Gasteiger partial charge in [-0.3, -0.25) is 14.4 Å². The fraction of sp³-hybridized carbons (Fsp3) is 0.853. The summed E-state index contributed by atoms with van der Waals surface area (Å²) in [5, 5.41) is 28.6. The highest BCUT2D eigenvalue weighted by molar-refractivity contribution is 5.70. The van der Waals surface area contributed by atoms with E-state index >= 15 is 0 Å². The van der Waals surface area contributed by atoms with E-state index in [0.29, 0.717) is 6.54 Å². The average Bonchev–Trinajstić information content (AvgIpc) is 2.91. The summed E-state index contributed by atoms with van der Waals surface area (Å²) in [6.45, 7) is 8.49. The maximum atomic E-state index is 11.6. The number of allylic oxidation sites excluding steroid dienone is 2. The highest BCUT2D eigenvalue weighted by Gasteiger charge is 2.38. The number of quaternary nitrogens is 1. The lowest BCUT2D eigenvalue weighted by atomic mass is 10.00. The molecule has 0 aromatic rings. The number of nitrogens with zero attached hydrogens (tertiary/aromatic N) is 1. The third-order valence-electron chi connectivity index (χ3n) is 8.39. The van der Waals surface area contributed by atoms with Gasteiger partial charge in [-0.05, 0) is 59.3 Å². The Labute approximate surface area is 251 Å². The van der Waals surface area contributed by atoms with E-state index in [9.17, 15) is 29.7 Å². The van der Waals surface area contributed by atoms with Gasteiger partial charge in [0.1, 0.15) is 17.8 Å². The van der Waals surface area contributed by atoms with E-state index < -0.39 is 35.7 Å². The van der Waals surface area contributed by atoms with Gasteiger partial charge in [-0.15, -0.1) is 0 Å². The highest BCUT2D eigenvalue weighted by atomic mass is 16.4. The van der Waals surface area contributed by atoms with Gasteiger partial charge in [0.2, 0.25) is 0 Å². The molecule has 3 atom stereocenters. The smallest absolute Gasteiger partial charge is 0.311 e. The van der Waals surface area contributed by atoms with Crippen LogP contribution in [0.5, 0.6) is 0 Å². The first-order chi connectivity index (χ1) is 19.5. The van der Waals surface area contributed by atoms with Crippen LogP contribution in [0.2, 0.25) is 0 Å². The van der Waals surface area contributed by atoms with Crippen LogP contribution in [0, 0.1) is 17.8 Å². The molecule has 0 aromatic heterocycles. The lowest BCUT2D eigenvalue weighted by Crippen LogP contribution is -2.57. The molecule has 0 heterocycles. The Kier molecular flexibility index (Phi) is 23.5. The normalized spacial score (nSPS) is 15.4. The van der Waals surface area contributed by atoms with Crippen LogP contribution in [0.15, 0.2) is 12.2 Å².